The predicted octanol–water partition coefficient (Wildman–Crippen LogP) is 1.38. The first-order valence-electron chi connectivity index (χ1n) is 4.57. The van der Waals surface area contributed by atoms with Crippen molar-refractivity contribution in [3.05, 3.63) is 18.2 Å². The maximum atomic E-state index is 11.5. The molecule has 0 fully saturated rings. The molecule has 0 saturated heterocycles. The predicted molar refractivity (Wildman–Crippen MR) is 60.9 cm³/mol. The van der Waals surface area contributed by atoms with Crippen molar-refractivity contribution in [1.82, 2.24) is 9.97 Å². The van der Waals surface area contributed by atoms with Gasteiger partial charge in [-0.05, 0) is 13.8 Å². The molecule has 1 aromatic rings. The number of nitrogens with zero attached hydrogens (tertiary/aromatic N) is 1. The molecule has 0 bridgehead atoms. The monoisotopic (exact) mass is 250 g/mol. The van der Waals surface area contributed by atoms with Gasteiger partial charge in [-0.1, -0.05) is 0 Å². The van der Waals surface area contributed by atoms with Crippen LogP contribution in [0.25, 0.3) is 0 Å². The van der Waals surface area contributed by atoms with Crippen molar-refractivity contribution in [3.63, 3.8) is 0 Å². The number of imidazole rings is 1. The molecule has 1 rings (SSSR count). The lowest BCUT2D eigenvalue weighted by Crippen LogP contribution is -2.41. The molecule has 1 unspecified atom stereocenters. The molecule has 86 valence electrons. The van der Waals surface area contributed by atoms with Crippen LogP contribution < -0.4 is 0 Å². The molecule has 0 radical (unpaired) electrons. The Bertz CT molecular complexity index is 411. The summed E-state index contributed by atoms with van der Waals surface area (Å²) in [5, 5.41) is -0.501. The fourth-order valence-electron chi connectivity index (χ4n) is 1.06. The van der Waals surface area contributed by atoms with Crippen LogP contribution in [0.1, 0.15) is 19.7 Å². The van der Waals surface area contributed by atoms with Gasteiger partial charge in [-0.15, -0.1) is 11.6 Å². The molecular formula is C9H15ClN2O2S. The van der Waals surface area contributed by atoms with Gasteiger partial charge < -0.3 is 4.98 Å². The Morgan fingerprint density at radius 3 is 2.60 bits per heavy atom. The second-order valence-corrected chi connectivity index (χ2v) is 7.21. The molecule has 1 atom stereocenters. The molecule has 1 aromatic heterocycles. The molecule has 0 aliphatic heterocycles. The highest BCUT2D eigenvalue weighted by Crippen LogP contribution is 2.26. The van der Waals surface area contributed by atoms with Crippen LogP contribution in [-0.2, 0) is 16.3 Å². The van der Waals surface area contributed by atoms with Crippen molar-refractivity contribution < 1.29 is 8.42 Å². The molecule has 1 heterocycles. The van der Waals surface area contributed by atoms with Crippen molar-refractivity contribution in [3.8, 4) is 0 Å². The van der Waals surface area contributed by atoms with E-state index in [1.807, 2.05) is 0 Å². The number of halogens is 1. The van der Waals surface area contributed by atoms with E-state index in [1.54, 1.807) is 26.2 Å². The van der Waals surface area contributed by atoms with Crippen LogP contribution in [0.15, 0.2) is 12.4 Å². The summed E-state index contributed by atoms with van der Waals surface area (Å²) in [6.07, 6.45) is 4.91. The number of hydrogen-bond acceptors (Lipinski definition) is 3. The Morgan fingerprint density at radius 1 is 1.60 bits per heavy atom. The molecule has 0 spiro atoms. The first-order chi connectivity index (χ1) is 6.75. The van der Waals surface area contributed by atoms with E-state index in [2.05, 4.69) is 9.97 Å². The van der Waals surface area contributed by atoms with Crippen LogP contribution in [0.5, 0.6) is 0 Å². The van der Waals surface area contributed by atoms with Crippen molar-refractivity contribution in [2.75, 3.05) is 6.26 Å². The maximum absolute atomic E-state index is 11.5. The number of sulfone groups is 1. The maximum Gasteiger partial charge on any atom is 0.154 e. The Kier molecular flexibility index (Phi) is 3.45. The van der Waals surface area contributed by atoms with Gasteiger partial charge >= 0.3 is 0 Å². The fourth-order valence-corrected chi connectivity index (χ4v) is 2.24. The standard InChI is InChI=1S/C9H15ClN2O2S/c1-9(2,15(3,13)14)7(10)6-8-11-4-5-12-8/h4-5,7H,6H2,1-3H3,(H,11,12). The molecule has 15 heavy (non-hydrogen) atoms. The lowest BCUT2D eigenvalue weighted by Gasteiger charge is -2.27. The van der Waals surface area contributed by atoms with Gasteiger partial charge in [-0.2, -0.15) is 0 Å². The largest absolute Gasteiger partial charge is 0.349 e. The van der Waals surface area contributed by atoms with Gasteiger partial charge in [0, 0.05) is 25.1 Å². The molecule has 0 aromatic carbocycles. The minimum atomic E-state index is -3.18. The Balaban J connectivity index is 2.81. The Labute approximate surface area is 95.0 Å². The molecular weight excluding hydrogens is 236 g/mol. The van der Waals surface area contributed by atoms with E-state index >= 15 is 0 Å². The average Bonchev–Trinajstić information content (AvgIpc) is 2.54. The molecule has 0 amide bonds. The number of rotatable bonds is 4. The van der Waals surface area contributed by atoms with Crippen molar-refractivity contribution in [2.24, 2.45) is 0 Å². The van der Waals surface area contributed by atoms with Gasteiger partial charge in [0.25, 0.3) is 0 Å². The van der Waals surface area contributed by atoms with Crippen LogP contribution in [0.2, 0.25) is 0 Å². The van der Waals surface area contributed by atoms with Crippen LogP contribution >= 0.6 is 11.6 Å². The molecule has 0 aliphatic rings. The van der Waals surface area contributed by atoms with E-state index in [0.717, 1.165) is 0 Å². The summed E-state index contributed by atoms with van der Waals surface area (Å²) < 4.78 is 22.1. The van der Waals surface area contributed by atoms with E-state index in [1.165, 1.54) is 6.26 Å². The highest BCUT2D eigenvalue weighted by molar-refractivity contribution is 7.92. The van der Waals surface area contributed by atoms with E-state index in [9.17, 15) is 8.42 Å². The third-order valence-corrected chi connectivity index (χ3v) is 5.66. The van der Waals surface area contributed by atoms with Gasteiger partial charge in [-0.3, -0.25) is 0 Å². The summed E-state index contributed by atoms with van der Waals surface area (Å²) in [6.45, 7) is 3.26. The van der Waals surface area contributed by atoms with Gasteiger partial charge in [0.05, 0.1) is 10.1 Å². The first kappa shape index (κ1) is 12.5. The van der Waals surface area contributed by atoms with Crippen molar-refractivity contribution in [1.29, 1.82) is 0 Å². The number of hydrogen-bond donors (Lipinski definition) is 1. The number of H-pyrrole nitrogens is 1. The van der Waals surface area contributed by atoms with Crippen molar-refractivity contribution >= 4 is 21.4 Å². The zero-order valence-electron chi connectivity index (χ0n) is 8.99. The fraction of sp³-hybridized carbons (Fsp3) is 0.667. The van der Waals surface area contributed by atoms with Gasteiger partial charge in [0.2, 0.25) is 0 Å². The topological polar surface area (TPSA) is 62.8 Å². The van der Waals surface area contributed by atoms with Crippen LogP contribution in [0.3, 0.4) is 0 Å². The summed E-state index contributed by atoms with van der Waals surface area (Å²) in [7, 11) is -3.18. The minimum Gasteiger partial charge on any atom is -0.349 e. The van der Waals surface area contributed by atoms with Gasteiger partial charge in [0.1, 0.15) is 5.82 Å². The summed E-state index contributed by atoms with van der Waals surface area (Å²) in [4.78, 5) is 6.92. The average molecular weight is 251 g/mol. The molecule has 6 heteroatoms. The number of nitrogens with one attached hydrogen (secondary N) is 1. The van der Waals surface area contributed by atoms with E-state index in [-0.39, 0.29) is 0 Å². The highest BCUT2D eigenvalue weighted by atomic mass is 35.5. The second-order valence-electron chi connectivity index (χ2n) is 4.08. The van der Waals surface area contributed by atoms with Gasteiger partial charge in [0.15, 0.2) is 9.84 Å². The Hall–Kier alpha value is -0.550. The van der Waals surface area contributed by atoms with E-state index in [0.29, 0.717) is 12.2 Å². The van der Waals surface area contributed by atoms with Crippen LogP contribution in [-0.4, -0.2) is 34.8 Å². The summed E-state index contributed by atoms with van der Waals surface area (Å²) in [6, 6.07) is 0. The number of aromatic nitrogens is 2. The number of aromatic amines is 1. The summed E-state index contributed by atoms with van der Waals surface area (Å²) >= 11 is 6.11. The number of alkyl halides is 1. The van der Waals surface area contributed by atoms with E-state index in [4.69, 9.17) is 11.6 Å². The SMILES string of the molecule is CC(C)(C(Cl)Cc1ncc[nH]1)S(C)(=O)=O. The smallest absolute Gasteiger partial charge is 0.154 e. The van der Waals surface area contributed by atoms with Crippen LogP contribution in [0.4, 0.5) is 0 Å². The molecule has 0 saturated carbocycles. The first-order valence-corrected chi connectivity index (χ1v) is 6.90. The van der Waals surface area contributed by atoms with E-state index < -0.39 is 20.0 Å². The lowest BCUT2D eigenvalue weighted by atomic mass is 10.1. The molecule has 0 aliphatic carbocycles. The zero-order chi connectivity index (χ0) is 11.7. The van der Waals surface area contributed by atoms with Crippen LogP contribution in [0, 0.1) is 0 Å². The molecule has 1 N–H and O–H groups in total. The summed E-state index contributed by atoms with van der Waals surface area (Å²) in [5.41, 5.74) is 0. The quantitative estimate of drug-likeness (QED) is 0.822. The normalized spacial score (nSPS) is 15.2. The highest BCUT2D eigenvalue weighted by Gasteiger charge is 2.38. The molecule has 4 nitrogen and oxygen atoms in total. The third kappa shape index (κ3) is 2.72. The zero-order valence-corrected chi connectivity index (χ0v) is 10.6. The lowest BCUT2D eigenvalue weighted by molar-refractivity contribution is 0.533. The van der Waals surface area contributed by atoms with Crippen molar-refractivity contribution in [2.45, 2.75) is 30.4 Å². The minimum absolute atomic E-state index is 0.411. The summed E-state index contributed by atoms with van der Waals surface area (Å²) in [5.74, 6) is 0.701. The van der Waals surface area contributed by atoms with Gasteiger partial charge in [-0.25, -0.2) is 13.4 Å². The Morgan fingerprint density at radius 2 is 2.20 bits per heavy atom. The second kappa shape index (κ2) is 4.14. The third-order valence-electron chi connectivity index (χ3n) is 2.64.